The van der Waals surface area contributed by atoms with E-state index >= 15 is 0 Å². The van der Waals surface area contributed by atoms with Crippen LogP contribution in [-0.2, 0) is 27.3 Å². The SMILES string of the molecule is Cc1ccccc1CNC(=O)C1N(C(=O)C(O)C(Cc2ccccc2)NC(=O)c2cccc(O)c2C)CC(=O)C1(C)C. The molecule has 1 heterocycles. The molecular weight excluding hydrogens is 534 g/mol. The first-order chi connectivity index (χ1) is 19.9. The van der Waals surface area contributed by atoms with Crippen LogP contribution in [0, 0.1) is 19.3 Å². The number of aromatic hydroxyl groups is 1. The molecular formula is C33H37N3O6. The van der Waals surface area contributed by atoms with Gasteiger partial charge in [-0.05, 0) is 49.1 Å². The number of benzene rings is 3. The van der Waals surface area contributed by atoms with Gasteiger partial charge in [0.05, 0.1) is 18.0 Å². The number of phenolic OH excluding ortho intramolecular Hbond substituents is 1. The van der Waals surface area contributed by atoms with Crippen LogP contribution < -0.4 is 10.6 Å². The van der Waals surface area contributed by atoms with Gasteiger partial charge < -0.3 is 25.7 Å². The Kier molecular flexibility index (Phi) is 9.11. The molecule has 1 aliphatic heterocycles. The summed E-state index contributed by atoms with van der Waals surface area (Å²) in [6.07, 6.45) is -1.66. The third-order valence-electron chi connectivity index (χ3n) is 8.07. The minimum atomic E-state index is -1.76. The van der Waals surface area contributed by atoms with Crippen LogP contribution >= 0.6 is 0 Å². The summed E-state index contributed by atoms with van der Waals surface area (Å²) in [5, 5.41) is 27.1. The number of likely N-dealkylation sites (tertiary alicyclic amines) is 1. The summed E-state index contributed by atoms with van der Waals surface area (Å²) in [7, 11) is 0. The number of aliphatic hydroxyl groups excluding tert-OH is 1. The Labute approximate surface area is 245 Å². The highest BCUT2D eigenvalue weighted by Crippen LogP contribution is 2.34. The summed E-state index contributed by atoms with van der Waals surface area (Å²) in [6.45, 7) is 6.61. The molecule has 3 aromatic rings. The van der Waals surface area contributed by atoms with Crippen molar-refractivity contribution in [2.75, 3.05) is 6.54 Å². The molecule has 3 atom stereocenters. The van der Waals surface area contributed by atoms with Crippen LogP contribution in [0.25, 0.3) is 0 Å². The van der Waals surface area contributed by atoms with Gasteiger partial charge in [-0.3, -0.25) is 19.2 Å². The maximum atomic E-state index is 13.8. The van der Waals surface area contributed by atoms with Crippen molar-refractivity contribution in [3.63, 3.8) is 0 Å². The van der Waals surface area contributed by atoms with E-state index in [4.69, 9.17) is 0 Å². The molecule has 3 amide bonds. The molecule has 1 fully saturated rings. The number of Topliss-reactive ketones (excluding diaryl/α,β-unsaturated/α-hetero) is 1. The Bertz CT molecular complexity index is 1490. The lowest BCUT2D eigenvalue weighted by molar-refractivity contribution is -0.148. The monoisotopic (exact) mass is 571 g/mol. The van der Waals surface area contributed by atoms with E-state index in [1.807, 2.05) is 37.3 Å². The Hall–Kier alpha value is -4.50. The van der Waals surface area contributed by atoms with Gasteiger partial charge in [-0.25, -0.2) is 0 Å². The summed E-state index contributed by atoms with van der Waals surface area (Å²) in [5.41, 5.74) is 2.00. The summed E-state index contributed by atoms with van der Waals surface area (Å²) in [4.78, 5) is 54.7. The standard InChI is InChI=1S/C33H37N3O6/c1-20-11-8-9-14-23(20)18-34-31(41)29-33(3,4)27(38)19-36(29)32(42)28(39)25(17-22-12-6-5-7-13-22)35-30(40)24-15-10-16-26(37)21(24)2/h5-16,25,28-29,37,39H,17-19H2,1-4H3,(H,34,41)(H,35,40). The maximum absolute atomic E-state index is 13.8. The number of ketones is 1. The Morgan fingerprint density at radius 1 is 0.976 bits per heavy atom. The van der Waals surface area contributed by atoms with Gasteiger partial charge in [0.15, 0.2) is 11.9 Å². The van der Waals surface area contributed by atoms with Crippen LogP contribution in [0.3, 0.4) is 0 Å². The first-order valence-electron chi connectivity index (χ1n) is 13.9. The molecule has 9 heteroatoms. The van der Waals surface area contributed by atoms with Crippen molar-refractivity contribution in [1.82, 2.24) is 15.5 Å². The topological polar surface area (TPSA) is 136 Å². The number of hydrogen-bond donors (Lipinski definition) is 4. The molecule has 4 rings (SSSR count). The zero-order valence-electron chi connectivity index (χ0n) is 24.3. The van der Waals surface area contributed by atoms with Crippen molar-refractivity contribution in [3.8, 4) is 5.75 Å². The van der Waals surface area contributed by atoms with Crippen LogP contribution in [0.2, 0.25) is 0 Å². The largest absolute Gasteiger partial charge is 0.508 e. The first-order valence-corrected chi connectivity index (χ1v) is 13.9. The van der Waals surface area contributed by atoms with Gasteiger partial charge in [0.2, 0.25) is 5.91 Å². The van der Waals surface area contributed by atoms with Crippen molar-refractivity contribution in [2.45, 2.75) is 58.8 Å². The predicted octanol–water partition coefficient (Wildman–Crippen LogP) is 2.83. The second-order valence-corrected chi connectivity index (χ2v) is 11.3. The Morgan fingerprint density at radius 2 is 1.64 bits per heavy atom. The van der Waals surface area contributed by atoms with Crippen molar-refractivity contribution < 1.29 is 29.4 Å². The van der Waals surface area contributed by atoms with Gasteiger partial charge in [-0.1, -0.05) is 74.5 Å². The highest BCUT2D eigenvalue weighted by atomic mass is 16.3. The van der Waals surface area contributed by atoms with Crippen LogP contribution in [0.4, 0.5) is 0 Å². The number of aliphatic hydroxyl groups is 1. The predicted molar refractivity (Wildman–Crippen MR) is 158 cm³/mol. The van der Waals surface area contributed by atoms with Crippen LogP contribution in [0.5, 0.6) is 5.75 Å². The molecule has 220 valence electrons. The number of hydrogen-bond acceptors (Lipinski definition) is 6. The lowest BCUT2D eigenvalue weighted by Crippen LogP contribution is -2.57. The van der Waals surface area contributed by atoms with E-state index in [9.17, 15) is 29.4 Å². The Morgan fingerprint density at radius 3 is 2.33 bits per heavy atom. The van der Waals surface area contributed by atoms with Gasteiger partial charge in [0, 0.05) is 17.7 Å². The normalized spacial score (nSPS) is 17.4. The molecule has 1 saturated heterocycles. The van der Waals surface area contributed by atoms with Gasteiger partial charge in [0.1, 0.15) is 11.8 Å². The second kappa shape index (κ2) is 12.6. The van der Waals surface area contributed by atoms with Crippen LogP contribution in [0.15, 0.2) is 72.8 Å². The molecule has 0 radical (unpaired) electrons. The summed E-state index contributed by atoms with van der Waals surface area (Å²) < 4.78 is 0. The number of rotatable bonds is 9. The average molecular weight is 572 g/mol. The van der Waals surface area contributed by atoms with E-state index < -0.39 is 41.3 Å². The minimum absolute atomic E-state index is 0.0590. The highest BCUT2D eigenvalue weighted by molar-refractivity contribution is 6.03. The van der Waals surface area contributed by atoms with Gasteiger partial charge >= 0.3 is 0 Å². The number of nitrogens with zero attached hydrogens (tertiary/aromatic N) is 1. The third-order valence-corrected chi connectivity index (χ3v) is 8.07. The zero-order valence-corrected chi connectivity index (χ0v) is 24.3. The average Bonchev–Trinajstić information content (AvgIpc) is 3.21. The molecule has 0 saturated carbocycles. The van der Waals surface area contributed by atoms with E-state index in [1.54, 1.807) is 45.0 Å². The lowest BCUT2D eigenvalue weighted by Gasteiger charge is -2.33. The number of carbonyl (C=O) groups is 4. The van der Waals surface area contributed by atoms with Crippen molar-refractivity contribution >= 4 is 23.5 Å². The number of amides is 3. The number of carbonyl (C=O) groups excluding carboxylic acids is 4. The van der Waals surface area contributed by atoms with Crippen molar-refractivity contribution in [2.24, 2.45) is 5.41 Å². The summed E-state index contributed by atoms with van der Waals surface area (Å²) in [5.74, 6) is -2.29. The summed E-state index contributed by atoms with van der Waals surface area (Å²) >= 11 is 0. The zero-order chi connectivity index (χ0) is 30.6. The smallest absolute Gasteiger partial charge is 0.254 e. The van der Waals surface area contributed by atoms with E-state index in [2.05, 4.69) is 10.6 Å². The second-order valence-electron chi connectivity index (χ2n) is 11.3. The summed E-state index contributed by atoms with van der Waals surface area (Å²) in [6, 6.07) is 18.9. The molecule has 42 heavy (non-hydrogen) atoms. The third kappa shape index (κ3) is 6.36. The fraction of sp³-hybridized carbons (Fsp3) is 0.333. The first kappa shape index (κ1) is 30.5. The van der Waals surface area contributed by atoms with Gasteiger partial charge in [-0.15, -0.1) is 0 Å². The molecule has 4 N–H and O–H groups in total. The fourth-order valence-corrected chi connectivity index (χ4v) is 5.32. The molecule has 0 aromatic heterocycles. The molecule has 3 unspecified atom stereocenters. The maximum Gasteiger partial charge on any atom is 0.254 e. The molecule has 0 aliphatic carbocycles. The lowest BCUT2D eigenvalue weighted by atomic mass is 9.83. The van der Waals surface area contributed by atoms with Crippen molar-refractivity contribution in [1.29, 1.82) is 0 Å². The van der Waals surface area contributed by atoms with Crippen molar-refractivity contribution in [3.05, 3.63) is 101 Å². The molecule has 0 spiro atoms. The molecule has 0 bridgehead atoms. The quantitative estimate of drug-likeness (QED) is 0.312. The van der Waals surface area contributed by atoms with Gasteiger partial charge in [0.25, 0.3) is 11.8 Å². The number of nitrogens with one attached hydrogen (secondary N) is 2. The number of aryl methyl sites for hydroxylation is 1. The van der Waals surface area contributed by atoms with E-state index in [0.717, 1.165) is 21.6 Å². The molecule has 9 nitrogen and oxygen atoms in total. The number of phenols is 1. The van der Waals surface area contributed by atoms with Crippen LogP contribution in [0.1, 0.15) is 46.5 Å². The van der Waals surface area contributed by atoms with E-state index in [0.29, 0.717) is 5.56 Å². The fourth-order valence-electron chi connectivity index (χ4n) is 5.32. The Balaban J connectivity index is 1.59. The molecule has 1 aliphatic rings. The highest BCUT2D eigenvalue weighted by Gasteiger charge is 2.54. The minimum Gasteiger partial charge on any atom is -0.508 e. The van der Waals surface area contributed by atoms with E-state index in [1.165, 1.54) is 18.2 Å². The molecule has 3 aromatic carbocycles. The van der Waals surface area contributed by atoms with E-state index in [-0.39, 0.29) is 36.6 Å². The van der Waals surface area contributed by atoms with Gasteiger partial charge in [-0.2, -0.15) is 0 Å². The van der Waals surface area contributed by atoms with Crippen LogP contribution in [-0.4, -0.2) is 63.4 Å².